The molecule has 0 saturated carbocycles. The molecular formula is C17H21F3N4. The van der Waals surface area contributed by atoms with Crippen molar-refractivity contribution in [1.82, 2.24) is 9.97 Å². The zero-order valence-corrected chi connectivity index (χ0v) is 13.9. The fraction of sp³-hybridized carbons (Fsp3) is 0.412. The van der Waals surface area contributed by atoms with Crippen molar-refractivity contribution in [2.24, 2.45) is 0 Å². The Morgan fingerprint density at radius 3 is 2.50 bits per heavy atom. The van der Waals surface area contributed by atoms with Crippen LogP contribution in [-0.2, 0) is 12.7 Å². The maximum atomic E-state index is 13.0. The van der Waals surface area contributed by atoms with E-state index in [9.17, 15) is 13.2 Å². The minimum absolute atomic E-state index is 0.0160. The van der Waals surface area contributed by atoms with Crippen molar-refractivity contribution >= 4 is 11.8 Å². The number of benzene rings is 1. The van der Waals surface area contributed by atoms with Gasteiger partial charge in [0.25, 0.3) is 0 Å². The third-order valence-electron chi connectivity index (χ3n) is 3.73. The Balaban J connectivity index is 2.24. The number of rotatable bonds is 6. The van der Waals surface area contributed by atoms with E-state index in [-0.39, 0.29) is 17.8 Å². The van der Waals surface area contributed by atoms with E-state index in [1.807, 2.05) is 45.0 Å². The van der Waals surface area contributed by atoms with Crippen LogP contribution in [0.25, 0.3) is 0 Å². The van der Waals surface area contributed by atoms with Gasteiger partial charge in [0, 0.05) is 18.7 Å². The Bertz CT molecular complexity index is 686. The van der Waals surface area contributed by atoms with Crippen LogP contribution in [0.4, 0.5) is 24.9 Å². The van der Waals surface area contributed by atoms with E-state index in [1.165, 1.54) is 0 Å². The average molecular weight is 338 g/mol. The van der Waals surface area contributed by atoms with Crippen LogP contribution in [-0.4, -0.2) is 16.0 Å². The molecule has 130 valence electrons. The summed E-state index contributed by atoms with van der Waals surface area (Å²) < 4.78 is 39.1. The van der Waals surface area contributed by atoms with Crippen molar-refractivity contribution in [1.29, 1.82) is 0 Å². The molecule has 0 unspecified atom stereocenters. The highest BCUT2D eigenvalue weighted by Crippen LogP contribution is 2.30. The number of aryl methyl sites for hydroxylation is 1. The van der Waals surface area contributed by atoms with Gasteiger partial charge in [0.1, 0.15) is 5.82 Å². The van der Waals surface area contributed by atoms with Gasteiger partial charge in [0.05, 0.1) is 0 Å². The molecule has 4 nitrogen and oxygen atoms in total. The zero-order chi connectivity index (χ0) is 17.7. The summed E-state index contributed by atoms with van der Waals surface area (Å²) in [5.41, 5.74) is 1.10. The Morgan fingerprint density at radius 1 is 1.17 bits per heavy atom. The molecule has 1 aromatic heterocycles. The van der Waals surface area contributed by atoms with E-state index >= 15 is 0 Å². The van der Waals surface area contributed by atoms with Crippen molar-refractivity contribution in [2.45, 2.75) is 46.0 Å². The number of hydrogen-bond donors (Lipinski definition) is 2. The van der Waals surface area contributed by atoms with Crippen LogP contribution in [0.15, 0.2) is 30.3 Å². The van der Waals surface area contributed by atoms with Gasteiger partial charge in [-0.15, -0.1) is 0 Å². The monoisotopic (exact) mass is 338 g/mol. The van der Waals surface area contributed by atoms with Gasteiger partial charge in [-0.1, -0.05) is 31.2 Å². The summed E-state index contributed by atoms with van der Waals surface area (Å²) in [4.78, 5) is 7.72. The fourth-order valence-corrected chi connectivity index (χ4v) is 2.06. The molecule has 1 aromatic carbocycles. The molecule has 1 atom stereocenters. The maximum Gasteiger partial charge on any atom is 0.433 e. The first kappa shape index (κ1) is 18.0. The summed E-state index contributed by atoms with van der Waals surface area (Å²) in [6.45, 7) is 6.14. The minimum atomic E-state index is -4.52. The van der Waals surface area contributed by atoms with Gasteiger partial charge in [-0.25, -0.2) is 4.98 Å². The van der Waals surface area contributed by atoms with Gasteiger partial charge >= 0.3 is 6.18 Å². The molecule has 24 heavy (non-hydrogen) atoms. The number of alkyl halides is 3. The first-order valence-electron chi connectivity index (χ1n) is 7.80. The number of aromatic nitrogens is 2. The van der Waals surface area contributed by atoms with Crippen LogP contribution in [0.3, 0.4) is 0 Å². The van der Waals surface area contributed by atoms with Gasteiger partial charge in [-0.2, -0.15) is 18.2 Å². The lowest BCUT2D eigenvalue weighted by Gasteiger charge is -2.15. The molecule has 0 saturated heterocycles. The van der Waals surface area contributed by atoms with Crippen LogP contribution >= 0.6 is 0 Å². The molecule has 0 radical (unpaired) electrons. The highest BCUT2D eigenvalue weighted by molar-refractivity contribution is 5.44. The van der Waals surface area contributed by atoms with Crippen LogP contribution in [0.5, 0.6) is 0 Å². The van der Waals surface area contributed by atoms with Gasteiger partial charge in [0.15, 0.2) is 5.69 Å². The number of nitrogens with one attached hydrogen (secondary N) is 2. The summed E-state index contributed by atoms with van der Waals surface area (Å²) in [5.74, 6) is 0.123. The molecule has 0 fully saturated rings. The second kappa shape index (κ2) is 7.51. The SMILES string of the molecule is CC[C@@H](C)Nc1nc(NCc2ccccc2C)cc(C(F)(F)F)n1. The van der Waals surface area contributed by atoms with Crippen molar-refractivity contribution in [3.63, 3.8) is 0 Å². The fourth-order valence-electron chi connectivity index (χ4n) is 2.06. The van der Waals surface area contributed by atoms with Crippen LogP contribution < -0.4 is 10.6 Å². The van der Waals surface area contributed by atoms with Crippen molar-refractivity contribution in [3.05, 3.63) is 47.2 Å². The average Bonchev–Trinajstić information content (AvgIpc) is 2.53. The second-order valence-corrected chi connectivity index (χ2v) is 5.69. The molecule has 2 N–H and O–H groups in total. The predicted octanol–water partition coefficient (Wildman–Crippen LogP) is 4.63. The van der Waals surface area contributed by atoms with E-state index in [0.29, 0.717) is 6.54 Å². The Hall–Kier alpha value is -2.31. The third kappa shape index (κ3) is 4.84. The highest BCUT2D eigenvalue weighted by Gasteiger charge is 2.33. The molecule has 0 spiro atoms. The second-order valence-electron chi connectivity index (χ2n) is 5.69. The Labute approximate surface area is 139 Å². The molecule has 0 aliphatic carbocycles. The normalized spacial score (nSPS) is 12.8. The van der Waals surface area contributed by atoms with E-state index in [1.54, 1.807) is 0 Å². The van der Waals surface area contributed by atoms with Crippen molar-refractivity contribution in [3.8, 4) is 0 Å². The molecule has 1 heterocycles. The molecule has 2 rings (SSSR count). The summed E-state index contributed by atoms with van der Waals surface area (Å²) in [6, 6.07) is 8.60. The van der Waals surface area contributed by atoms with Crippen LogP contribution in [0, 0.1) is 6.92 Å². The quantitative estimate of drug-likeness (QED) is 0.806. The highest BCUT2D eigenvalue weighted by atomic mass is 19.4. The smallest absolute Gasteiger partial charge is 0.366 e. The molecule has 0 aliphatic heterocycles. The number of hydrogen-bond acceptors (Lipinski definition) is 4. The van der Waals surface area contributed by atoms with Crippen molar-refractivity contribution < 1.29 is 13.2 Å². The summed E-state index contributed by atoms with van der Waals surface area (Å²) in [6.07, 6.45) is -3.76. The Morgan fingerprint density at radius 2 is 1.88 bits per heavy atom. The first-order valence-corrected chi connectivity index (χ1v) is 7.80. The lowest BCUT2D eigenvalue weighted by atomic mass is 10.1. The molecule has 7 heteroatoms. The van der Waals surface area contributed by atoms with Gasteiger partial charge in [-0.05, 0) is 31.4 Å². The lowest BCUT2D eigenvalue weighted by Crippen LogP contribution is -2.19. The van der Waals surface area contributed by atoms with E-state index in [0.717, 1.165) is 23.6 Å². The minimum Gasteiger partial charge on any atom is -0.366 e. The molecular weight excluding hydrogens is 317 g/mol. The largest absolute Gasteiger partial charge is 0.433 e. The van der Waals surface area contributed by atoms with Crippen LogP contribution in [0.1, 0.15) is 37.1 Å². The number of nitrogens with zero attached hydrogens (tertiary/aromatic N) is 2. The van der Waals surface area contributed by atoms with E-state index < -0.39 is 11.9 Å². The van der Waals surface area contributed by atoms with E-state index in [2.05, 4.69) is 20.6 Å². The topological polar surface area (TPSA) is 49.8 Å². The molecule has 0 bridgehead atoms. The van der Waals surface area contributed by atoms with E-state index in [4.69, 9.17) is 0 Å². The molecule has 0 amide bonds. The third-order valence-corrected chi connectivity index (χ3v) is 3.73. The standard InChI is InChI=1S/C17H21F3N4/c1-4-12(3)22-16-23-14(17(18,19)20)9-15(24-16)21-10-13-8-6-5-7-11(13)2/h5-9,12H,4,10H2,1-3H3,(H2,21,22,23,24)/t12-/m1/s1. The first-order chi connectivity index (χ1) is 11.3. The number of halogens is 3. The van der Waals surface area contributed by atoms with Crippen molar-refractivity contribution in [2.75, 3.05) is 10.6 Å². The predicted molar refractivity (Wildman–Crippen MR) is 88.9 cm³/mol. The summed E-state index contributed by atoms with van der Waals surface area (Å²) >= 11 is 0. The molecule has 0 aliphatic rings. The zero-order valence-electron chi connectivity index (χ0n) is 13.9. The van der Waals surface area contributed by atoms with Gasteiger partial charge < -0.3 is 10.6 Å². The van der Waals surface area contributed by atoms with Gasteiger partial charge in [0.2, 0.25) is 5.95 Å². The number of anilines is 2. The lowest BCUT2D eigenvalue weighted by molar-refractivity contribution is -0.141. The van der Waals surface area contributed by atoms with Gasteiger partial charge in [-0.3, -0.25) is 0 Å². The Kier molecular flexibility index (Phi) is 5.64. The summed E-state index contributed by atoms with van der Waals surface area (Å²) in [5, 5.41) is 5.85. The maximum absolute atomic E-state index is 13.0. The van der Waals surface area contributed by atoms with Crippen LogP contribution in [0.2, 0.25) is 0 Å². The molecule has 2 aromatic rings. The summed E-state index contributed by atoms with van der Waals surface area (Å²) in [7, 11) is 0.